The van der Waals surface area contributed by atoms with Gasteiger partial charge in [0, 0.05) is 17.0 Å². The zero-order valence-corrected chi connectivity index (χ0v) is 12.6. The molecular weight excluding hydrogens is 276 g/mol. The van der Waals surface area contributed by atoms with Crippen molar-refractivity contribution >= 4 is 28.6 Å². The molecule has 0 unspecified atom stereocenters. The van der Waals surface area contributed by atoms with Crippen LogP contribution in [0.3, 0.4) is 0 Å². The van der Waals surface area contributed by atoms with Crippen molar-refractivity contribution in [3.8, 4) is 10.6 Å². The fraction of sp³-hybridized carbons (Fsp3) is 0.429. The number of aromatic nitrogens is 1. The van der Waals surface area contributed by atoms with E-state index in [4.69, 9.17) is 0 Å². The van der Waals surface area contributed by atoms with Crippen LogP contribution in [0.1, 0.15) is 35.1 Å². The second-order valence-corrected chi connectivity index (χ2v) is 6.82. The summed E-state index contributed by atoms with van der Waals surface area (Å²) in [5.41, 5.74) is 1.93. The first-order chi connectivity index (χ1) is 9.15. The monoisotopic (exact) mass is 292 g/mol. The zero-order valence-electron chi connectivity index (χ0n) is 11.0. The lowest BCUT2D eigenvalue weighted by molar-refractivity contribution is 0.0939. The highest BCUT2D eigenvalue weighted by atomic mass is 32.1. The Balaban J connectivity index is 1.78. The average molecular weight is 292 g/mol. The molecular formula is C14H16N2OS2. The number of carbonyl (C=O) groups is 1. The molecule has 5 heteroatoms. The Morgan fingerprint density at radius 3 is 2.95 bits per heavy atom. The standard InChI is InChI=1S/C14H16N2OS2/c1-8(10-3-4-10)15-13(17)12-9(2)16-14(19-12)11-5-6-18-7-11/h5-8,10H,3-4H2,1-2H3,(H,15,17)/t8-/m0/s1. The first kappa shape index (κ1) is 12.8. The van der Waals surface area contributed by atoms with Gasteiger partial charge in [0.1, 0.15) is 9.88 Å². The van der Waals surface area contributed by atoms with E-state index >= 15 is 0 Å². The zero-order chi connectivity index (χ0) is 13.4. The molecule has 0 spiro atoms. The maximum Gasteiger partial charge on any atom is 0.263 e. The van der Waals surface area contributed by atoms with Crippen LogP contribution in [-0.2, 0) is 0 Å². The maximum absolute atomic E-state index is 12.3. The Morgan fingerprint density at radius 2 is 2.32 bits per heavy atom. The van der Waals surface area contributed by atoms with Gasteiger partial charge in [0.05, 0.1) is 5.69 Å². The molecule has 19 heavy (non-hydrogen) atoms. The van der Waals surface area contributed by atoms with Crippen LogP contribution in [-0.4, -0.2) is 16.9 Å². The van der Waals surface area contributed by atoms with Gasteiger partial charge in [-0.15, -0.1) is 11.3 Å². The number of hydrogen-bond donors (Lipinski definition) is 1. The molecule has 0 saturated heterocycles. The molecule has 2 heterocycles. The van der Waals surface area contributed by atoms with Gasteiger partial charge in [-0.3, -0.25) is 4.79 Å². The molecule has 1 saturated carbocycles. The van der Waals surface area contributed by atoms with E-state index in [2.05, 4.69) is 22.6 Å². The van der Waals surface area contributed by atoms with Crippen molar-refractivity contribution in [3.63, 3.8) is 0 Å². The lowest BCUT2D eigenvalue weighted by Crippen LogP contribution is -2.33. The smallest absolute Gasteiger partial charge is 0.263 e. The van der Waals surface area contributed by atoms with Crippen LogP contribution in [0.4, 0.5) is 0 Å². The molecule has 0 bridgehead atoms. The minimum atomic E-state index is 0.0240. The molecule has 2 aromatic heterocycles. The third kappa shape index (κ3) is 2.72. The van der Waals surface area contributed by atoms with Crippen molar-refractivity contribution in [2.24, 2.45) is 5.92 Å². The van der Waals surface area contributed by atoms with Gasteiger partial charge in [-0.25, -0.2) is 4.98 Å². The summed E-state index contributed by atoms with van der Waals surface area (Å²) in [4.78, 5) is 17.5. The van der Waals surface area contributed by atoms with Crippen molar-refractivity contribution in [2.75, 3.05) is 0 Å². The molecule has 1 aliphatic rings. The van der Waals surface area contributed by atoms with E-state index < -0.39 is 0 Å². The average Bonchev–Trinajstić information content (AvgIpc) is 2.94. The molecule has 1 fully saturated rings. The predicted molar refractivity (Wildman–Crippen MR) is 79.8 cm³/mol. The number of carbonyl (C=O) groups excluding carboxylic acids is 1. The van der Waals surface area contributed by atoms with E-state index in [-0.39, 0.29) is 11.9 Å². The summed E-state index contributed by atoms with van der Waals surface area (Å²) in [7, 11) is 0. The Kier molecular flexibility index (Phi) is 3.41. The largest absolute Gasteiger partial charge is 0.349 e. The van der Waals surface area contributed by atoms with Gasteiger partial charge >= 0.3 is 0 Å². The van der Waals surface area contributed by atoms with Crippen LogP contribution in [0.25, 0.3) is 10.6 Å². The SMILES string of the molecule is Cc1nc(-c2ccsc2)sc1C(=O)N[C@@H](C)C1CC1. The van der Waals surface area contributed by atoms with Crippen LogP contribution >= 0.6 is 22.7 Å². The Morgan fingerprint density at radius 1 is 1.53 bits per heavy atom. The summed E-state index contributed by atoms with van der Waals surface area (Å²) in [6, 6.07) is 2.32. The number of amides is 1. The maximum atomic E-state index is 12.3. The second kappa shape index (κ2) is 5.06. The normalized spacial score (nSPS) is 16.3. The first-order valence-electron chi connectivity index (χ1n) is 6.46. The Bertz CT molecular complexity index is 585. The van der Waals surface area contributed by atoms with E-state index in [9.17, 15) is 4.79 Å². The number of rotatable bonds is 4. The topological polar surface area (TPSA) is 42.0 Å². The molecule has 0 aliphatic heterocycles. The molecule has 1 aliphatic carbocycles. The number of hydrogen-bond acceptors (Lipinski definition) is 4. The molecule has 1 N–H and O–H groups in total. The number of nitrogens with zero attached hydrogens (tertiary/aromatic N) is 1. The molecule has 0 radical (unpaired) electrons. The van der Waals surface area contributed by atoms with Crippen molar-refractivity contribution in [1.82, 2.24) is 10.3 Å². The summed E-state index contributed by atoms with van der Waals surface area (Å²) < 4.78 is 0. The van der Waals surface area contributed by atoms with Gasteiger partial charge in [0.2, 0.25) is 0 Å². The van der Waals surface area contributed by atoms with E-state index in [1.807, 2.05) is 18.4 Å². The Hall–Kier alpha value is -1.20. The first-order valence-corrected chi connectivity index (χ1v) is 8.22. The number of nitrogens with one attached hydrogen (secondary N) is 1. The molecule has 3 rings (SSSR count). The summed E-state index contributed by atoms with van der Waals surface area (Å²) in [6.07, 6.45) is 2.48. The van der Waals surface area contributed by atoms with Gasteiger partial charge in [-0.1, -0.05) is 0 Å². The van der Waals surface area contributed by atoms with E-state index in [1.54, 1.807) is 11.3 Å². The molecule has 100 valence electrons. The van der Waals surface area contributed by atoms with Crippen molar-refractivity contribution in [1.29, 1.82) is 0 Å². The summed E-state index contributed by atoms with van der Waals surface area (Å²) >= 11 is 3.13. The summed E-state index contributed by atoms with van der Waals surface area (Å²) in [5, 5.41) is 8.12. The van der Waals surface area contributed by atoms with Crippen molar-refractivity contribution in [2.45, 2.75) is 32.7 Å². The molecule has 3 nitrogen and oxygen atoms in total. The fourth-order valence-electron chi connectivity index (χ4n) is 2.10. The highest BCUT2D eigenvalue weighted by Gasteiger charge is 2.29. The Labute approximate surface area is 120 Å². The van der Waals surface area contributed by atoms with Gasteiger partial charge in [0.15, 0.2) is 0 Å². The van der Waals surface area contributed by atoms with Crippen LogP contribution in [0.2, 0.25) is 0 Å². The molecule has 0 aromatic carbocycles. The highest BCUT2D eigenvalue weighted by Crippen LogP contribution is 2.33. The fourth-order valence-corrected chi connectivity index (χ4v) is 3.78. The van der Waals surface area contributed by atoms with Crippen LogP contribution < -0.4 is 5.32 Å². The van der Waals surface area contributed by atoms with Gasteiger partial charge in [-0.2, -0.15) is 11.3 Å². The summed E-state index contributed by atoms with van der Waals surface area (Å²) in [5.74, 6) is 0.699. The third-order valence-corrected chi connectivity index (χ3v) is 5.35. The van der Waals surface area contributed by atoms with Crippen LogP contribution in [0.5, 0.6) is 0 Å². The van der Waals surface area contributed by atoms with Crippen molar-refractivity contribution < 1.29 is 4.79 Å². The van der Waals surface area contributed by atoms with Crippen LogP contribution in [0.15, 0.2) is 16.8 Å². The minimum Gasteiger partial charge on any atom is -0.349 e. The highest BCUT2D eigenvalue weighted by molar-refractivity contribution is 7.17. The second-order valence-electron chi connectivity index (χ2n) is 5.05. The van der Waals surface area contributed by atoms with E-state index in [0.29, 0.717) is 5.92 Å². The number of thiazole rings is 1. The lowest BCUT2D eigenvalue weighted by Gasteiger charge is -2.11. The predicted octanol–water partition coefficient (Wildman–Crippen LogP) is 3.71. The van der Waals surface area contributed by atoms with E-state index in [0.717, 1.165) is 21.1 Å². The van der Waals surface area contributed by atoms with Gasteiger partial charge in [-0.05, 0) is 44.1 Å². The third-order valence-electron chi connectivity index (χ3n) is 3.46. The summed E-state index contributed by atoms with van der Waals surface area (Å²) in [6.45, 7) is 3.99. The lowest BCUT2D eigenvalue weighted by atomic mass is 10.2. The van der Waals surface area contributed by atoms with Gasteiger partial charge in [0.25, 0.3) is 5.91 Å². The minimum absolute atomic E-state index is 0.0240. The molecule has 2 aromatic rings. The molecule has 1 amide bonds. The van der Waals surface area contributed by atoms with Crippen molar-refractivity contribution in [3.05, 3.63) is 27.4 Å². The number of aryl methyl sites for hydroxylation is 1. The van der Waals surface area contributed by atoms with Gasteiger partial charge < -0.3 is 5.32 Å². The van der Waals surface area contributed by atoms with E-state index in [1.165, 1.54) is 24.2 Å². The molecule has 1 atom stereocenters. The quantitative estimate of drug-likeness (QED) is 0.933. The number of thiophene rings is 1. The van der Waals surface area contributed by atoms with Crippen LogP contribution in [0, 0.1) is 12.8 Å².